The molecule has 0 bridgehead atoms. The standard InChI is InChI=1S/C22H26N4O2S2/c1-28-18-6-4-17(5-7-18)8-9-23-22(27)26-12-10-25(11-13-26)15-21-24-19(16-30-21)20-3-2-14-29-20/h2-7,14,16H,8-13,15H2,1H3,(H,23,27). The van der Waals surface area contributed by atoms with Gasteiger partial charge in [-0.1, -0.05) is 18.2 Å². The molecule has 1 aliphatic heterocycles. The average molecular weight is 443 g/mol. The van der Waals surface area contributed by atoms with Crippen molar-refractivity contribution in [1.82, 2.24) is 20.1 Å². The Morgan fingerprint density at radius 2 is 1.93 bits per heavy atom. The first-order valence-corrected chi connectivity index (χ1v) is 11.8. The van der Waals surface area contributed by atoms with Gasteiger partial charge in [0.1, 0.15) is 10.8 Å². The van der Waals surface area contributed by atoms with Gasteiger partial charge in [0.15, 0.2) is 0 Å². The number of thiazole rings is 1. The van der Waals surface area contributed by atoms with Crippen LogP contribution < -0.4 is 10.1 Å². The molecule has 2 aromatic heterocycles. The molecule has 0 unspecified atom stereocenters. The summed E-state index contributed by atoms with van der Waals surface area (Å²) in [7, 11) is 1.66. The fourth-order valence-corrected chi connectivity index (χ4v) is 5.04. The van der Waals surface area contributed by atoms with Gasteiger partial charge in [0.25, 0.3) is 0 Å². The van der Waals surface area contributed by atoms with Gasteiger partial charge >= 0.3 is 6.03 Å². The maximum Gasteiger partial charge on any atom is 0.317 e. The van der Waals surface area contributed by atoms with Crippen molar-refractivity contribution in [2.45, 2.75) is 13.0 Å². The summed E-state index contributed by atoms with van der Waals surface area (Å²) < 4.78 is 5.17. The third-order valence-electron chi connectivity index (χ3n) is 5.19. The maximum atomic E-state index is 12.5. The molecule has 1 aromatic carbocycles. The molecule has 0 spiro atoms. The molecule has 3 heterocycles. The number of rotatable bonds is 7. The highest BCUT2D eigenvalue weighted by molar-refractivity contribution is 7.14. The van der Waals surface area contributed by atoms with Crippen molar-refractivity contribution < 1.29 is 9.53 Å². The maximum absolute atomic E-state index is 12.5. The third-order valence-corrected chi connectivity index (χ3v) is 6.92. The molecular formula is C22H26N4O2S2. The second-order valence-corrected chi connectivity index (χ2v) is 9.09. The van der Waals surface area contributed by atoms with Crippen LogP contribution in [0, 0.1) is 0 Å². The van der Waals surface area contributed by atoms with Gasteiger partial charge in [-0.15, -0.1) is 22.7 Å². The molecule has 3 aromatic rings. The molecule has 158 valence electrons. The number of nitrogens with zero attached hydrogens (tertiary/aromatic N) is 3. The summed E-state index contributed by atoms with van der Waals surface area (Å²) in [6.07, 6.45) is 0.812. The SMILES string of the molecule is COc1ccc(CCNC(=O)N2CCN(Cc3nc(-c4cccs4)cs3)CC2)cc1. The number of carbonyl (C=O) groups excluding carboxylic acids is 1. The molecule has 6 nitrogen and oxygen atoms in total. The Kier molecular flexibility index (Phi) is 6.99. The fraction of sp³-hybridized carbons (Fsp3) is 0.364. The van der Waals surface area contributed by atoms with E-state index in [9.17, 15) is 4.79 Å². The Labute approximate surface area is 185 Å². The normalized spacial score (nSPS) is 14.6. The van der Waals surface area contributed by atoms with E-state index in [2.05, 4.69) is 33.1 Å². The van der Waals surface area contributed by atoms with E-state index in [4.69, 9.17) is 9.72 Å². The van der Waals surface area contributed by atoms with Crippen LogP contribution in [0.5, 0.6) is 5.75 Å². The van der Waals surface area contributed by atoms with Crippen molar-refractivity contribution in [1.29, 1.82) is 0 Å². The van der Waals surface area contributed by atoms with Gasteiger partial charge in [0.2, 0.25) is 0 Å². The summed E-state index contributed by atoms with van der Waals surface area (Å²) in [6.45, 7) is 4.73. The Balaban J connectivity index is 1.18. The van der Waals surface area contributed by atoms with Crippen LogP contribution in [0.2, 0.25) is 0 Å². The second kappa shape index (κ2) is 10.1. The Morgan fingerprint density at radius 3 is 2.63 bits per heavy atom. The van der Waals surface area contributed by atoms with E-state index in [1.54, 1.807) is 29.8 Å². The smallest absolute Gasteiger partial charge is 0.317 e. The lowest BCUT2D eigenvalue weighted by Crippen LogP contribution is -2.51. The van der Waals surface area contributed by atoms with E-state index in [1.165, 1.54) is 10.4 Å². The summed E-state index contributed by atoms with van der Waals surface area (Å²) in [6, 6.07) is 12.1. The topological polar surface area (TPSA) is 57.7 Å². The van der Waals surface area contributed by atoms with E-state index < -0.39 is 0 Å². The number of urea groups is 1. The van der Waals surface area contributed by atoms with Crippen molar-refractivity contribution in [3.05, 3.63) is 57.7 Å². The monoisotopic (exact) mass is 442 g/mol. The van der Waals surface area contributed by atoms with E-state index >= 15 is 0 Å². The minimum atomic E-state index is 0.0254. The van der Waals surface area contributed by atoms with Crippen LogP contribution in [-0.2, 0) is 13.0 Å². The Morgan fingerprint density at radius 1 is 1.13 bits per heavy atom. The molecule has 0 saturated carbocycles. The van der Waals surface area contributed by atoms with Crippen molar-refractivity contribution in [2.24, 2.45) is 0 Å². The van der Waals surface area contributed by atoms with Crippen LogP contribution >= 0.6 is 22.7 Å². The summed E-state index contributed by atoms with van der Waals surface area (Å²) in [4.78, 5) is 22.7. The van der Waals surface area contributed by atoms with Crippen LogP contribution in [-0.4, -0.2) is 60.6 Å². The van der Waals surface area contributed by atoms with Gasteiger partial charge in [-0.05, 0) is 35.6 Å². The zero-order valence-electron chi connectivity index (χ0n) is 17.0. The van der Waals surface area contributed by atoms with Crippen molar-refractivity contribution >= 4 is 28.7 Å². The predicted octanol–water partition coefficient (Wildman–Crippen LogP) is 3.95. The number of hydrogen-bond donors (Lipinski definition) is 1. The van der Waals surface area contributed by atoms with Crippen LogP contribution in [0.25, 0.3) is 10.6 Å². The first-order chi connectivity index (χ1) is 14.7. The minimum absolute atomic E-state index is 0.0254. The molecule has 2 amide bonds. The van der Waals surface area contributed by atoms with Gasteiger partial charge in [0.05, 0.1) is 24.2 Å². The number of ether oxygens (including phenoxy) is 1. The second-order valence-electron chi connectivity index (χ2n) is 7.20. The number of hydrogen-bond acceptors (Lipinski definition) is 6. The van der Waals surface area contributed by atoms with E-state index in [1.807, 2.05) is 29.2 Å². The highest BCUT2D eigenvalue weighted by Crippen LogP contribution is 2.26. The van der Waals surface area contributed by atoms with Gasteiger partial charge in [-0.2, -0.15) is 0 Å². The van der Waals surface area contributed by atoms with Crippen LogP contribution in [0.1, 0.15) is 10.6 Å². The zero-order valence-corrected chi connectivity index (χ0v) is 18.7. The summed E-state index contributed by atoms with van der Waals surface area (Å²) in [5.41, 5.74) is 2.26. The molecule has 0 atom stereocenters. The number of nitrogens with one attached hydrogen (secondary N) is 1. The van der Waals surface area contributed by atoms with Crippen LogP contribution in [0.15, 0.2) is 47.2 Å². The highest BCUT2D eigenvalue weighted by atomic mass is 32.1. The number of aromatic nitrogens is 1. The fourth-order valence-electron chi connectivity index (χ4n) is 3.44. The molecule has 1 aliphatic rings. The van der Waals surface area contributed by atoms with Gasteiger partial charge < -0.3 is 15.0 Å². The van der Waals surface area contributed by atoms with E-state index in [0.717, 1.165) is 55.6 Å². The summed E-state index contributed by atoms with van der Waals surface area (Å²) >= 11 is 3.43. The average Bonchev–Trinajstić information content (AvgIpc) is 3.47. The molecule has 0 radical (unpaired) electrons. The third kappa shape index (κ3) is 5.38. The molecule has 8 heteroatoms. The molecule has 1 fully saturated rings. The first kappa shape index (κ1) is 20.8. The lowest BCUT2D eigenvalue weighted by atomic mass is 10.1. The lowest BCUT2D eigenvalue weighted by molar-refractivity contribution is 0.135. The molecule has 0 aliphatic carbocycles. The van der Waals surface area contributed by atoms with E-state index in [-0.39, 0.29) is 6.03 Å². The van der Waals surface area contributed by atoms with Crippen molar-refractivity contribution in [3.8, 4) is 16.3 Å². The van der Waals surface area contributed by atoms with Crippen LogP contribution in [0.3, 0.4) is 0 Å². The van der Waals surface area contributed by atoms with Gasteiger partial charge in [-0.3, -0.25) is 4.90 Å². The zero-order chi connectivity index (χ0) is 20.8. The highest BCUT2D eigenvalue weighted by Gasteiger charge is 2.21. The van der Waals surface area contributed by atoms with Gasteiger partial charge in [0, 0.05) is 38.1 Å². The lowest BCUT2D eigenvalue weighted by Gasteiger charge is -2.34. The largest absolute Gasteiger partial charge is 0.497 e. The minimum Gasteiger partial charge on any atom is -0.497 e. The molecule has 1 saturated heterocycles. The Hall–Kier alpha value is -2.42. The molecular weight excluding hydrogens is 416 g/mol. The summed E-state index contributed by atoms with van der Waals surface area (Å²) in [5.74, 6) is 0.848. The van der Waals surface area contributed by atoms with Gasteiger partial charge in [-0.25, -0.2) is 9.78 Å². The first-order valence-electron chi connectivity index (χ1n) is 10.1. The number of thiophene rings is 1. The number of amides is 2. The Bertz CT molecular complexity index is 932. The number of carbonyl (C=O) groups is 1. The number of piperazine rings is 1. The van der Waals surface area contributed by atoms with Crippen molar-refractivity contribution in [2.75, 3.05) is 39.8 Å². The quantitative estimate of drug-likeness (QED) is 0.602. The van der Waals surface area contributed by atoms with E-state index in [0.29, 0.717) is 6.54 Å². The summed E-state index contributed by atoms with van der Waals surface area (Å²) in [5, 5.41) is 8.39. The molecule has 30 heavy (non-hydrogen) atoms. The van der Waals surface area contributed by atoms with Crippen LogP contribution in [0.4, 0.5) is 4.79 Å². The molecule has 4 rings (SSSR count). The van der Waals surface area contributed by atoms with Crippen molar-refractivity contribution in [3.63, 3.8) is 0 Å². The predicted molar refractivity (Wildman–Crippen MR) is 122 cm³/mol. The number of benzene rings is 1. The molecule has 1 N–H and O–H groups in total. The number of methoxy groups -OCH3 is 1.